The van der Waals surface area contributed by atoms with Crippen LogP contribution in [0.25, 0.3) is 0 Å². The highest BCUT2D eigenvalue weighted by Crippen LogP contribution is 2.67. The van der Waals surface area contributed by atoms with Crippen LogP contribution in [0.1, 0.15) is 58.3 Å². The molecule has 4 bridgehead atoms. The van der Waals surface area contributed by atoms with Gasteiger partial charge in [0.2, 0.25) is 5.91 Å². The highest BCUT2D eigenvalue weighted by molar-refractivity contribution is 5.83. The van der Waals surface area contributed by atoms with Crippen LogP contribution in [0.4, 0.5) is 4.39 Å². The van der Waals surface area contributed by atoms with Crippen molar-refractivity contribution in [3.05, 3.63) is 0 Å². The van der Waals surface area contributed by atoms with E-state index in [0.717, 1.165) is 19.3 Å². The van der Waals surface area contributed by atoms with Crippen LogP contribution < -0.4 is 5.73 Å². The molecule has 5 atom stereocenters. The molecule has 4 saturated carbocycles. The number of alkyl halides is 1. The fourth-order valence-electron chi connectivity index (χ4n) is 6.89. The molecule has 4 nitrogen and oxygen atoms in total. The molecule has 1 saturated heterocycles. The molecule has 1 amide bonds. The maximum absolute atomic E-state index is 13.7. The smallest absolute Gasteiger partial charge is 0.241 e. The van der Waals surface area contributed by atoms with E-state index in [1.807, 2.05) is 0 Å². The zero-order chi connectivity index (χ0) is 17.1. The first kappa shape index (κ1) is 16.3. The van der Waals surface area contributed by atoms with E-state index < -0.39 is 18.3 Å². The van der Waals surface area contributed by atoms with E-state index in [1.54, 1.807) is 0 Å². The molecule has 2 unspecified atom stereocenters. The van der Waals surface area contributed by atoms with Crippen LogP contribution >= 0.6 is 0 Å². The van der Waals surface area contributed by atoms with Gasteiger partial charge in [-0.15, -0.1) is 0 Å². The number of carbonyl (C=O) groups excluding carboxylic acids is 1. The minimum Gasteiger partial charge on any atom is -0.322 e. The molecule has 5 heteroatoms. The third-order valence-corrected chi connectivity index (χ3v) is 7.59. The van der Waals surface area contributed by atoms with E-state index in [0.29, 0.717) is 17.3 Å². The molecule has 24 heavy (non-hydrogen) atoms. The molecular formula is C19H28FN3O. The molecular weight excluding hydrogens is 305 g/mol. The van der Waals surface area contributed by atoms with Crippen molar-refractivity contribution in [2.24, 2.45) is 28.4 Å². The van der Waals surface area contributed by atoms with Gasteiger partial charge in [0.05, 0.1) is 18.7 Å². The van der Waals surface area contributed by atoms with Crippen molar-refractivity contribution in [2.75, 3.05) is 6.54 Å². The fourth-order valence-corrected chi connectivity index (χ4v) is 6.89. The SMILES string of the molecule is CCC12CC3CC(C1)CC([C@H](N)C(=O)N1C[C@@H](F)C[C@H]1C#N)(C3)C2. The summed E-state index contributed by atoms with van der Waals surface area (Å²) in [4.78, 5) is 14.5. The Hall–Kier alpha value is -1.15. The zero-order valence-electron chi connectivity index (χ0n) is 14.5. The van der Waals surface area contributed by atoms with Crippen molar-refractivity contribution < 1.29 is 9.18 Å². The standard InChI is InChI=1S/C19H28FN3O/c1-2-18-5-12-3-13(6-18)8-19(7-12,11-18)16(22)17(24)23-10-14(20)4-15(23)9-21/h12-16H,2-8,10-11,22H2,1H3/t12?,13?,14-,15-,16+,18?,19?/m0/s1. The summed E-state index contributed by atoms with van der Waals surface area (Å²) in [5.74, 6) is 1.21. The first-order valence-electron chi connectivity index (χ1n) is 9.50. The average molecular weight is 333 g/mol. The molecule has 5 fully saturated rings. The maximum Gasteiger partial charge on any atom is 0.241 e. The number of nitrogens with zero attached hydrogens (tertiary/aromatic N) is 2. The molecule has 0 radical (unpaired) electrons. The molecule has 0 aromatic carbocycles. The van der Waals surface area contributed by atoms with Crippen LogP contribution in [0.5, 0.6) is 0 Å². The minimum absolute atomic E-state index is 0.0343. The lowest BCUT2D eigenvalue weighted by molar-refractivity contribution is -0.152. The lowest BCUT2D eigenvalue weighted by atomic mass is 9.42. The number of nitrogens with two attached hydrogens (primary N) is 1. The fraction of sp³-hybridized carbons (Fsp3) is 0.895. The Balaban J connectivity index is 1.59. The average Bonchev–Trinajstić information content (AvgIpc) is 2.93. The Labute approximate surface area is 143 Å². The van der Waals surface area contributed by atoms with Gasteiger partial charge in [0.1, 0.15) is 12.2 Å². The predicted molar refractivity (Wildman–Crippen MR) is 88.4 cm³/mol. The molecule has 1 heterocycles. The summed E-state index contributed by atoms with van der Waals surface area (Å²) in [6.45, 7) is 2.31. The predicted octanol–water partition coefficient (Wildman–Crippen LogP) is 2.77. The number of hydrogen-bond donors (Lipinski definition) is 1. The highest BCUT2D eigenvalue weighted by Gasteiger charge is 2.60. The van der Waals surface area contributed by atoms with Gasteiger partial charge in [0, 0.05) is 6.42 Å². The molecule has 132 valence electrons. The Kier molecular flexibility index (Phi) is 3.69. The molecule has 0 aromatic rings. The van der Waals surface area contributed by atoms with E-state index in [-0.39, 0.29) is 24.3 Å². The van der Waals surface area contributed by atoms with Crippen molar-refractivity contribution in [3.63, 3.8) is 0 Å². The molecule has 0 spiro atoms. The molecule has 5 rings (SSSR count). The van der Waals surface area contributed by atoms with Crippen LogP contribution in [-0.4, -0.2) is 35.6 Å². The first-order chi connectivity index (χ1) is 11.4. The van der Waals surface area contributed by atoms with Gasteiger partial charge >= 0.3 is 0 Å². The first-order valence-corrected chi connectivity index (χ1v) is 9.50. The lowest BCUT2D eigenvalue weighted by Crippen LogP contribution is -2.62. The second-order valence-corrected chi connectivity index (χ2v) is 9.12. The largest absolute Gasteiger partial charge is 0.322 e. The molecule has 2 N–H and O–H groups in total. The number of nitriles is 1. The summed E-state index contributed by atoms with van der Waals surface area (Å²) in [5, 5.41) is 9.25. The second kappa shape index (κ2) is 5.42. The number of hydrogen-bond acceptors (Lipinski definition) is 3. The second-order valence-electron chi connectivity index (χ2n) is 9.12. The van der Waals surface area contributed by atoms with Crippen LogP contribution in [0, 0.1) is 34.0 Å². The minimum atomic E-state index is -1.09. The van der Waals surface area contributed by atoms with Crippen molar-refractivity contribution in [3.8, 4) is 6.07 Å². The van der Waals surface area contributed by atoms with E-state index in [4.69, 9.17) is 5.73 Å². The number of amides is 1. The Morgan fingerprint density at radius 3 is 2.58 bits per heavy atom. The monoisotopic (exact) mass is 333 g/mol. The number of halogens is 1. The van der Waals surface area contributed by atoms with Gasteiger partial charge in [-0.1, -0.05) is 13.3 Å². The van der Waals surface area contributed by atoms with E-state index in [2.05, 4.69) is 13.0 Å². The quantitative estimate of drug-likeness (QED) is 0.863. The van der Waals surface area contributed by atoms with E-state index in [1.165, 1.54) is 30.6 Å². The van der Waals surface area contributed by atoms with Crippen LogP contribution in [0.3, 0.4) is 0 Å². The zero-order valence-corrected chi connectivity index (χ0v) is 14.5. The normalized spacial score (nSPS) is 47.7. The van der Waals surface area contributed by atoms with Gasteiger partial charge in [-0.05, 0) is 61.2 Å². The molecule has 1 aliphatic heterocycles. The summed E-state index contributed by atoms with van der Waals surface area (Å²) in [5.41, 5.74) is 6.79. The molecule has 5 aliphatic rings. The summed E-state index contributed by atoms with van der Waals surface area (Å²) in [6, 6.07) is 0.863. The third-order valence-electron chi connectivity index (χ3n) is 7.59. The van der Waals surface area contributed by atoms with E-state index >= 15 is 0 Å². The van der Waals surface area contributed by atoms with Crippen LogP contribution in [-0.2, 0) is 4.79 Å². The van der Waals surface area contributed by atoms with E-state index in [9.17, 15) is 14.4 Å². The summed E-state index contributed by atoms with van der Waals surface area (Å²) >= 11 is 0. The van der Waals surface area contributed by atoms with Gasteiger partial charge in [-0.2, -0.15) is 5.26 Å². The molecule has 0 aromatic heterocycles. The van der Waals surface area contributed by atoms with Gasteiger partial charge < -0.3 is 10.6 Å². The maximum atomic E-state index is 13.7. The van der Waals surface area contributed by atoms with Gasteiger partial charge in [0.25, 0.3) is 0 Å². The van der Waals surface area contributed by atoms with Crippen LogP contribution in [0.15, 0.2) is 0 Å². The van der Waals surface area contributed by atoms with Crippen molar-refractivity contribution in [1.82, 2.24) is 4.90 Å². The van der Waals surface area contributed by atoms with Gasteiger partial charge in [-0.25, -0.2) is 4.39 Å². The van der Waals surface area contributed by atoms with Crippen LogP contribution in [0.2, 0.25) is 0 Å². The van der Waals surface area contributed by atoms with Crippen molar-refractivity contribution >= 4 is 5.91 Å². The lowest BCUT2D eigenvalue weighted by Gasteiger charge is -2.63. The van der Waals surface area contributed by atoms with Gasteiger partial charge in [-0.3, -0.25) is 4.79 Å². The number of rotatable bonds is 3. The van der Waals surface area contributed by atoms with Crippen molar-refractivity contribution in [1.29, 1.82) is 5.26 Å². The Morgan fingerprint density at radius 1 is 1.33 bits per heavy atom. The molecule has 4 aliphatic carbocycles. The highest BCUT2D eigenvalue weighted by atomic mass is 19.1. The Bertz CT molecular complexity index is 572. The summed E-state index contributed by atoms with van der Waals surface area (Å²) < 4.78 is 13.7. The Morgan fingerprint density at radius 2 is 2.00 bits per heavy atom. The number of likely N-dealkylation sites (tertiary alicyclic amines) is 1. The summed E-state index contributed by atoms with van der Waals surface area (Å²) in [7, 11) is 0. The summed E-state index contributed by atoms with van der Waals surface area (Å²) in [6.07, 6.45) is 7.21. The van der Waals surface area contributed by atoms with Crippen molar-refractivity contribution in [2.45, 2.75) is 76.5 Å². The third kappa shape index (κ3) is 2.29. The topological polar surface area (TPSA) is 70.1 Å². The van der Waals surface area contributed by atoms with Gasteiger partial charge in [0.15, 0.2) is 0 Å². The number of carbonyl (C=O) groups is 1.